The first-order chi connectivity index (χ1) is 6.93. The first-order valence-electron chi connectivity index (χ1n) is 4.81. The maximum atomic E-state index is 4.61. The third kappa shape index (κ3) is 4.26. The van der Waals surface area contributed by atoms with Crippen LogP contribution in [0.4, 0.5) is 11.4 Å². The van der Waals surface area contributed by atoms with E-state index in [1.165, 1.54) is 11.1 Å². The fourth-order valence-electron chi connectivity index (χ4n) is 1.87. The minimum atomic E-state index is 0. The van der Waals surface area contributed by atoms with E-state index in [-0.39, 0.29) is 98.1 Å². The summed E-state index contributed by atoms with van der Waals surface area (Å²) in [5.41, 5.74) is 4.88. The molecule has 0 spiro atoms. The molecule has 3 radical (unpaired) electrons. The van der Waals surface area contributed by atoms with Crippen molar-refractivity contribution in [2.75, 3.05) is 0 Å². The van der Waals surface area contributed by atoms with Crippen LogP contribution < -0.4 is 0 Å². The second-order valence-electron chi connectivity index (χ2n) is 3.55. The molecule has 17 heavy (non-hydrogen) atoms. The van der Waals surface area contributed by atoms with Crippen molar-refractivity contribution in [1.29, 1.82) is 0 Å². The molecule has 0 aliphatic carbocycles. The van der Waals surface area contributed by atoms with Crippen molar-refractivity contribution in [3.05, 3.63) is 65.0 Å². The van der Waals surface area contributed by atoms with Crippen molar-refractivity contribution in [2.24, 2.45) is 0 Å². The molecule has 0 unspecified atom stereocenters. The minimum absolute atomic E-state index is 0. The van der Waals surface area contributed by atoms with E-state index in [0.29, 0.717) is 0 Å². The zero-order valence-corrected chi connectivity index (χ0v) is 18.0. The molecule has 77 valence electrons. The van der Waals surface area contributed by atoms with Crippen LogP contribution in [0.15, 0.2) is 48.5 Å². The average molecular weight is 447 g/mol. The molecule has 0 saturated heterocycles. The third-order valence-electron chi connectivity index (χ3n) is 2.61. The number of fused-ring (bicyclic) bond motifs is 2. The fourth-order valence-corrected chi connectivity index (χ4v) is 1.87. The first-order valence-corrected chi connectivity index (χ1v) is 4.81. The van der Waals surface area contributed by atoms with Gasteiger partial charge in [0.15, 0.2) is 0 Å². The van der Waals surface area contributed by atoms with Crippen LogP contribution in [0.1, 0.15) is 11.1 Å². The molecule has 0 atom stereocenters. The molecule has 1 aliphatic heterocycles. The van der Waals surface area contributed by atoms with Crippen molar-refractivity contribution >= 4 is 11.4 Å². The Labute approximate surface area is 178 Å². The van der Waals surface area contributed by atoms with Gasteiger partial charge in [0.05, 0.1) is 0 Å². The summed E-state index contributed by atoms with van der Waals surface area (Å²) in [5, 5.41) is 4.61. The number of rotatable bonds is 0. The summed E-state index contributed by atoms with van der Waals surface area (Å²) in [6.45, 7) is 0. The molecule has 1 nitrogen and oxygen atoms in total. The SMILES string of the molecule is [Y].[Y].[Y].c1ccc2c(c1)Cc1ccccc1[N-]2. The van der Waals surface area contributed by atoms with Crippen LogP contribution in [0.3, 0.4) is 0 Å². The van der Waals surface area contributed by atoms with Crippen LogP contribution in [0, 0.1) is 0 Å². The largest absolute Gasteiger partial charge is 0.657 e. The van der Waals surface area contributed by atoms with Gasteiger partial charge in [0, 0.05) is 98.1 Å². The van der Waals surface area contributed by atoms with Gasteiger partial charge in [-0.1, -0.05) is 59.7 Å². The second kappa shape index (κ2) is 8.67. The van der Waals surface area contributed by atoms with Crippen LogP contribution in [-0.2, 0) is 105 Å². The Balaban J connectivity index is 0.000000853. The maximum absolute atomic E-state index is 4.61. The molecule has 0 amide bonds. The van der Waals surface area contributed by atoms with E-state index >= 15 is 0 Å². The molecule has 2 aromatic carbocycles. The van der Waals surface area contributed by atoms with E-state index in [9.17, 15) is 0 Å². The number of para-hydroxylation sites is 2. The number of hydrogen-bond acceptors (Lipinski definition) is 0. The summed E-state index contributed by atoms with van der Waals surface area (Å²) < 4.78 is 0. The van der Waals surface area contributed by atoms with E-state index in [4.69, 9.17) is 0 Å². The number of hydrogen-bond donors (Lipinski definition) is 0. The molecule has 0 N–H and O–H groups in total. The van der Waals surface area contributed by atoms with Gasteiger partial charge < -0.3 is 5.32 Å². The molecule has 0 aromatic heterocycles. The van der Waals surface area contributed by atoms with Crippen molar-refractivity contribution in [2.45, 2.75) is 6.42 Å². The zero-order chi connectivity index (χ0) is 9.38. The molecule has 4 heteroatoms. The van der Waals surface area contributed by atoms with Crippen LogP contribution in [0.2, 0.25) is 0 Å². The second-order valence-corrected chi connectivity index (χ2v) is 3.55. The Morgan fingerprint density at radius 2 is 1.06 bits per heavy atom. The summed E-state index contributed by atoms with van der Waals surface area (Å²) in [4.78, 5) is 0. The van der Waals surface area contributed by atoms with E-state index < -0.39 is 0 Å². The fraction of sp³-hybridized carbons (Fsp3) is 0.0769. The topological polar surface area (TPSA) is 14.1 Å². The molecule has 1 heterocycles. The zero-order valence-electron chi connectivity index (χ0n) is 9.51. The summed E-state index contributed by atoms with van der Waals surface area (Å²) in [5.74, 6) is 0. The van der Waals surface area contributed by atoms with Crippen LogP contribution in [-0.4, -0.2) is 0 Å². The average Bonchev–Trinajstić information content (AvgIpc) is 2.26. The normalized spacial score (nSPS) is 10.4. The van der Waals surface area contributed by atoms with Gasteiger partial charge in [-0.15, -0.1) is 11.4 Å². The molecular formula is C13H10NY3-. The van der Waals surface area contributed by atoms with Crippen molar-refractivity contribution in [3.63, 3.8) is 0 Å². The van der Waals surface area contributed by atoms with Gasteiger partial charge in [-0.25, -0.2) is 0 Å². The molecular weight excluding hydrogens is 437 g/mol. The molecule has 1 aliphatic rings. The van der Waals surface area contributed by atoms with Gasteiger partial charge in [0.2, 0.25) is 0 Å². The molecule has 0 bridgehead atoms. The van der Waals surface area contributed by atoms with Crippen molar-refractivity contribution in [1.82, 2.24) is 0 Å². The summed E-state index contributed by atoms with van der Waals surface area (Å²) in [6.07, 6.45) is 1.01. The summed E-state index contributed by atoms with van der Waals surface area (Å²) >= 11 is 0. The minimum Gasteiger partial charge on any atom is -0.657 e. The molecule has 0 fully saturated rings. The third-order valence-corrected chi connectivity index (χ3v) is 2.61. The Kier molecular flexibility index (Phi) is 9.46. The molecule has 3 rings (SSSR count). The standard InChI is InChI=1S/C13H10N.3Y/c1-3-7-12-10(5-1)9-11-6-2-4-8-13(11)14-12;;;/h1-8H,9H2;;;/q-1;;;. The quantitative estimate of drug-likeness (QED) is 0.497. The first kappa shape index (κ1) is 18.6. The van der Waals surface area contributed by atoms with Gasteiger partial charge in [-0.05, 0) is 6.42 Å². The number of nitrogens with zero attached hydrogens (tertiary/aromatic N) is 1. The maximum Gasteiger partial charge on any atom is 0 e. The predicted molar refractivity (Wildman–Crippen MR) is 58.4 cm³/mol. The number of benzene rings is 2. The smallest absolute Gasteiger partial charge is 0 e. The Hall–Kier alpha value is 1.55. The van der Waals surface area contributed by atoms with Crippen molar-refractivity contribution < 1.29 is 98.1 Å². The van der Waals surface area contributed by atoms with Gasteiger partial charge in [0.25, 0.3) is 0 Å². The van der Waals surface area contributed by atoms with Crippen molar-refractivity contribution in [3.8, 4) is 0 Å². The van der Waals surface area contributed by atoms with Gasteiger partial charge in [0.1, 0.15) is 0 Å². The Morgan fingerprint density at radius 1 is 0.647 bits per heavy atom. The molecule has 2 aromatic rings. The summed E-state index contributed by atoms with van der Waals surface area (Å²) in [6, 6.07) is 16.7. The van der Waals surface area contributed by atoms with E-state index in [2.05, 4.69) is 41.7 Å². The molecule has 0 saturated carbocycles. The van der Waals surface area contributed by atoms with Gasteiger partial charge >= 0.3 is 0 Å². The van der Waals surface area contributed by atoms with E-state index in [1.54, 1.807) is 0 Å². The van der Waals surface area contributed by atoms with Gasteiger partial charge in [-0.2, -0.15) is 0 Å². The predicted octanol–water partition coefficient (Wildman–Crippen LogP) is 3.92. The Bertz CT molecular complexity index is 398. The van der Waals surface area contributed by atoms with Gasteiger partial charge in [-0.3, -0.25) is 0 Å². The summed E-state index contributed by atoms with van der Waals surface area (Å²) in [7, 11) is 0. The Morgan fingerprint density at radius 3 is 1.53 bits per heavy atom. The van der Waals surface area contributed by atoms with E-state index in [1.807, 2.05) is 12.1 Å². The van der Waals surface area contributed by atoms with E-state index in [0.717, 1.165) is 17.8 Å². The monoisotopic (exact) mass is 447 g/mol. The van der Waals surface area contributed by atoms with Crippen LogP contribution in [0.5, 0.6) is 0 Å². The van der Waals surface area contributed by atoms with Crippen LogP contribution >= 0.6 is 0 Å². The van der Waals surface area contributed by atoms with Crippen LogP contribution in [0.25, 0.3) is 5.32 Å².